The molecule has 0 saturated carbocycles. The van der Waals surface area contributed by atoms with Crippen LogP contribution in [-0.2, 0) is 6.18 Å². The van der Waals surface area contributed by atoms with Crippen molar-refractivity contribution in [1.29, 1.82) is 0 Å². The Labute approximate surface area is 190 Å². The number of aromatic nitrogens is 2. The predicted octanol–water partition coefficient (Wildman–Crippen LogP) is 5.84. The van der Waals surface area contributed by atoms with E-state index in [9.17, 15) is 22.4 Å². The molecular weight excluding hydrogens is 452 g/mol. The first-order valence-corrected chi connectivity index (χ1v) is 9.86. The third kappa shape index (κ3) is 5.12. The maximum absolute atomic E-state index is 13.2. The van der Waals surface area contributed by atoms with Gasteiger partial charge in [0.2, 0.25) is 0 Å². The van der Waals surface area contributed by atoms with Gasteiger partial charge >= 0.3 is 12.1 Å². The third-order valence-electron chi connectivity index (χ3n) is 4.83. The second-order valence-electron chi connectivity index (χ2n) is 7.19. The number of rotatable bonds is 6. The molecule has 0 fully saturated rings. The second kappa shape index (κ2) is 9.18. The number of nitrogens with zero attached hydrogens (tertiary/aromatic N) is 3. The normalized spacial score (nSPS) is 11.6. The van der Waals surface area contributed by atoms with E-state index in [0.29, 0.717) is 16.9 Å². The molecule has 0 aliphatic carbocycles. The molecule has 6 nitrogen and oxygen atoms in total. The highest BCUT2D eigenvalue weighted by molar-refractivity contribution is 5.89. The number of aromatic carboxylic acids is 1. The first kappa shape index (κ1) is 22.7. The average Bonchev–Trinajstić information content (AvgIpc) is 3.24. The first-order valence-electron chi connectivity index (χ1n) is 9.86. The zero-order chi connectivity index (χ0) is 24.3. The zero-order valence-corrected chi connectivity index (χ0v) is 17.3. The number of carboxylic acid groups (broad SMARTS) is 1. The maximum atomic E-state index is 13.2. The van der Waals surface area contributed by atoms with Crippen molar-refractivity contribution < 1.29 is 27.5 Å². The summed E-state index contributed by atoms with van der Waals surface area (Å²) in [6.07, 6.45) is -1.58. The Hall–Kier alpha value is -4.47. The smallest absolute Gasteiger partial charge is 0.416 e. The van der Waals surface area contributed by atoms with Crippen molar-refractivity contribution in [1.82, 2.24) is 9.78 Å². The molecule has 0 aliphatic rings. The van der Waals surface area contributed by atoms with Crippen LogP contribution in [0, 0.1) is 5.82 Å². The van der Waals surface area contributed by atoms with Gasteiger partial charge in [0.1, 0.15) is 11.5 Å². The molecule has 4 aromatic rings. The first-order chi connectivity index (χ1) is 16.2. The standard InChI is InChI=1S/C24H16F4N4O2/c25-19-6-8-20(9-7-19)30-29-13-17-14-32(21-10-4-15(5-11-21)23(33)34)31-22(17)16-2-1-3-18(12-16)24(26,27)28/h1-14,30H,(H,33,34)/b29-13+. The minimum Gasteiger partial charge on any atom is -0.478 e. The fourth-order valence-electron chi connectivity index (χ4n) is 3.14. The highest BCUT2D eigenvalue weighted by atomic mass is 19.4. The van der Waals surface area contributed by atoms with Gasteiger partial charge in [0.15, 0.2) is 0 Å². The Morgan fingerprint density at radius 2 is 1.74 bits per heavy atom. The molecule has 4 rings (SSSR count). The number of halogens is 4. The van der Waals surface area contributed by atoms with E-state index in [0.717, 1.165) is 12.1 Å². The van der Waals surface area contributed by atoms with E-state index in [1.54, 1.807) is 6.20 Å². The molecule has 2 N–H and O–H groups in total. The van der Waals surface area contributed by atoms with Crippen molar-refractivity contribution >= 4 is 17.9 Å². The van der Waals surface area contributed by atoms with E-state index >= 15 is 0 Å². The van der Waals surface area contributed by atoms with Crippen molar-refractivity contribution in [3.8, 4) is 16.9 Å². The molecule has 0 atom stereocenters. The van der Waals surface area contributed by atoms with Crippen LogP contribution in [0.4, 0.5) is 23.2 Å². The summed E-state index contributed by atoms with van der Waals surface area (Å²) < 4.78 is 54.2. The van der Waals surface area contributed by atoms with Crippen LogP contribution >= 0.6 is 0 Å². The van der Waals surface area contributed by atoms with Gasteiger partial charge in [-0.1, -0.05) is 12.1 Å². The molecule has 1 aromatic heterocycles. The number of hydrogen-bond acceptors (Lipinski definition) is 4. The van der Waals surface area contributed by atoms with Gasteiger partial charge in [-0.05, 0) is 60.7 Å². The molecule has 0 amide bonds. The highest BCUT2D eigenvalue weighted by Gasteiger charge is 2.30. The SMILES string of the molecule is O=C(O)c1ccc(-n2cc(/C=N/Nc3ccc(F)cc3)c(-c3cccc(C(F)(F)F)c3)n2)cc1. The molecule has 0 radical (unpaired) electrons. The monoisotopic (exact) mass is 468 g/mol. The zero-order valence-electron chi connectivity index (χ0n) is 17.3. The molecule has 10 heteroatoms. The van der Waals surface area contributed by atoms with Crippen LogP contribution in [0.25, 0.3) is 16.9 Å². The van der Waals surface area contributed by atoms with Crippen LogP contribution in [0.3, 0.4) is 0 Å². The number of hydrogen-bond donors (Lipinski definition) is 2. The molecule has 0 spiro atoms. The number of carbonyl (C=O) groups is 1. The summed E-state index contributed by atoms with van der Waals surface area (Å²) >= 11 is 0. The van der Waals surface area contributed by atoms with E-state index in [-0.39, 0.29) is 16.8 Å². The predicted molar refractivity (Wildman–Crippen MR) is 119 cm³/mol. The van der Waals surface area contributed by atoms with Crippen molar-refractivity contribution in [2.75, 3.05) is 5.43 Å². The van der Waals surface area contributed by atoms with E-state index < -0.39 is 23.5 Å². The molecule has 0 aliphatic heterocycles. The van der Waals surface area contributed by atoms with Crippen molar-refractivity contribution in [3.63, 3.8) is 0 Å². The summed E-state index contributed by atoms with van der Waals surface area (Å²) in [7, 11) is 0. The summed E-state index contributed by atoms with van der Waals surface area (Å²) in [6.45, 7) is 0. The van der Waals surface area contributed by atoms with Gasteiger partial charge in [-0.2, -0.15) is 23.4 Å². The third-order valence-corrected chi connectivity index (χ3v) is 4.83. The van der Waals surface area contributed by atoms with E-state index in [1.807, 2.05) is 0 Å². The highest BCUT2D eigenvalue weighted by Crippen LogP contribution is 2.32. The lowest BCUT2D eigenvalue weighted by atomic mass is 10.1. The number of alkyl halides is 3. The summed E-state index contributed by atoms with van der Waals surface area (Å²) in [5, 5.41) is 17.6. The van der Waals surface area contributed by atoms with Crippen LogP contribution in [0.5, 0.6) is 0 Å². The summed E-state index contributed by atoms with van der Waals surface area (Å²) in [5.41, 5.74) is 3.85. The largest absolute Gasteiger partial charge is 0.478 e. The van der Waals surface area contributed by atoms with E-state index in [2.05, 4.69) is 15.6 Å². The quantitative estimate of drug-likeness (QED) is 0.212. The molecule has 0 unspecified atom stereocenters. The summed E-state index contributed by atoms with van der Waals surface area (Å²) in [4.78, 5) is 11.1. The minimum absolute atomic E-state index is 0.0827. The van der Waals surface area contributed by atoms with Gasteiger partial charge in [0.25, 0.3) is 0 Å². The Kier molecular flexibility index (Phi) is 6.13. The summed E-state index contributed by atoms with van der Waals surface area (Å²) in [5.74, 6) is -1.49. The lowest BCUT2D eigenvalue weighted by Gasteiger charge is -2.08. The Morgan fingerprint density at radius 1 is 1.03 bits per heavy atom. The molecule has 0 bridgehead atoms. The lowest BCUT2D eigenvalue weighted by Crippen LogP contribution is -2.04. The van der Waals surface area contributed by atoms with Gasteiger partial charge in [-0.3, -0.25) is 5.43 Å². The van der Waals surface area contributed by atoms with Gasteiger partial charge in [-0.25, -0.2) is 13.9 Å². The van der Waals surface area contributed by atoms with E-state index in [1.165, 1.54) is 71.6 Å². The molecular formula is C24H16F4N4O2. The fourth-order valence-corrected chi connectivity index (χ4v) is 3.14. The molecule has 0 saturated heterocycles. The maximum Gasteiger partial charge on any atom is 0.416 e. The number of benzene rings is 3. The Bertz CT molecular complexity index is 1340. The van der Waals surface area contributed by atoms with Crippen molar-refractivity contribution in [2.24, 2.45) is 5.10 Å². The van der Waals surface area contributed by atoms with Gasteiger partial charge < -0.3 is 5.11 Å². The van der Waals surface area contributed by atoms with Crippen LogP contribution in [-0.4, -0.2) is 27.1 Å². The fraction of sp³-hybridized carbons (Fsp3) is 0.0417. The molecule has 1 heterocycles. The summed E-state index contributed by atoms with van der Waals surface area (Å²) in [6, 6.07) is 16.1. The number of carboxylic acids is 1. The number of anilines is 1. The van der Waals surface area contributed by atoms with Crippen LogP contribution in [0.15, 0.2) is 84.1 Å². The van der Waals surface area contributed by atoms with Gasteiger partial charge in [0.05, 0.1) is 28.7 Å². The van der Waals surface area contributed by atoms with Crippen LogP contribution < -0.4 is 5.43 Å². The molecule has 172 valence electrons. The lowest BCUT2D eigenvalue weighted by molar-refractivity contribution is -0.137. The van der Waals surface area contributed by atoms with Crippen LogP contribution in [0.1, 0.15) is 21.5 Å². The molecule has 3 aromatic carbocycles. The van der Waals surface area contributed by atoms with Gasteiger partial charge in [-0.15, -0.1) is 0 Å². The number of hydrazone groups is 1. The average molecular weight is 468 g/mol. The van der Waals surface area contributed by atoms with Crippen molar-refractivity contribution in [2.45, 2.75) is 6.18 Å². The number of nitrogens with one attached hydrogen (secondary N) is 1. The Balaban J connectivity index is 1.73. The minimum atomic E-state index is -4.52. The topological polar surface area (TPSA) is 79.5 Å². The van der Waals surface area contributed by atoms with E-state index in [4.69, 9.17) is 5.11 Å². The molecule has 34 heavy (non-hydrogen) atoms. The van der Waals surface area contributed by atoms with Crippen LogP contribution in [0.2, 0.25) is 0 Å². The van der Waals surface area contributed by atoms with Crippen molar-refractivity contribution in [3.05, 3.63) is 102 Å². The Morgan fingerprint density at radius 3 is 2.38 bits per heavy atom. The van der Waals surface area contributed by atoms with Gasteiger partial charge in [0, 0.05) is 17.3 Å². The second-order valence-corrected chi connectivity index (χ2v) is 7.19.